The molecular formula is C13H23N3O2S. The Hall–Kier alpha value is -0.980. The van der Waals surface area contributed by atoms with E-state index in [9.17, 15) is 8.42 Å². The molecule has 0 spiro atoms. The van der Waals surface area contributed by atoms with Crippen molar-refractivity contribution in [1.82, 2.24) is 15.0 Å². The van der Waals surface area contributed by atoms with Gasteiger partial charge in [0.2, 0.25) is 0 Å². The molecule has 1 aromatic heterocycles. The van der Waals surface area contributed by atoms with Crippen LogP contribution >= 0.6 is 0 Å². The molecule has 1 aromatic rings. The summed E-state index contributed by atoms with van der Waals surface area (Å²) in [5, 5.41) is 3.05. The fourth-order valence-corrected chi connectivity index (χ4v) is 2.73. The van der Waals surface area contributed by atoms with Crippen LogP contribution in [0.15, 0.2) is 23.4 Å². The summed E-state index contributed by atoms with van der Waals surface area (Å²) in [4.78, 5) is 4.01. The topological polar surface area (TPSA) is 71.1 Å². The fraction of sp³-hybridized carbons (Fsp3) is 0.615. The first-order valence-corrected chi connectivity index (χ1v) is 7.77. The molecule has 0 aliphatic rings. The van der Waals surface area contributed by atoms with E-state index in [2.05, 4.69) is 15.0 Å². The zero-order chi connectivity index (χ0) is 14.7. The lowest BCUT2D eigenvalue weighted by Gasteiger charge is -2.27. The minimum atomic E-state index is -3.56. The van der Waals surface area contributed by atoms with E-state index < -0.39 is 10.0 Å². The number of aromatic nitrogens is 1. The largest absolute Gasteiger partial charge is 0.316 e. The number of rotatable bonds is 5. The van der Waals surface area contributed by atoms with Gasteiger partial charge in [0.1, 0.15) is 0 Å². The van der Waals surface area contributed by atoms with Crippen LogP contribution in [0.5, 0.6) is 0 Å². The maximum absolute atomic E-state index is 12.2. The first-order chi connectivity index (χ1) is 8.66. The second-order valence-electron chi connectivity index (χ2n) is 5.74. The summed E-state index contributed by atoms with van der Waals surface area (Å²) < 4.78 is 27.0. The highest BCUT2D eigenvalue weighted by Crippen LogP contribution is 2.20. The predicted octanol–water partition coefficient (Wildman–Crippen LogP) is 1.51. The molecule has 0 saturated carbocycles. The van der Waals surface area contributed by atoms with Gasteiger partial charge in [0.25, 0.3) is 10.0 Å². The second-order valence-corrected chi connectivity index (χ2v) is 7.40. The van der Waals surface area contributed by atoms with Gasteiger partial charge in [0.15, 0.2) is 5.03 Å². The van der Waals surface area contributed by atoms with Gasteiger partial charge in [-0.15, -0.1) is 0 Å². The first kappa shape index (κ1) is 16.1. The third-order valence-electron chi connectivity index (χ3n) is 3.08. The molecule has 1 rings (SSSR count). The van der Waals surface area contributed by atoms with Crippen LogP contribution in [0.25, 0.3) is 0 Å². The number of pyridine rings is 1. The Balaban J connectivity index is 2.89. The monoisotopic (exact) mass is 285 g/mol. The van der Waals surface area contributed by atoms with Crippen molar-refractivity contribution in [2.75, 3.05) is 7.05 Å². The zero-order valence-corrected chi connectivity index (χ0v) is 13.0. The Kier molecular flexibility index (Phi) is 5.06. The van der Waals surface area contributed by atoms with Crippen molar-refractivity contribution in [3.63, 3.8) is 0 Å². The van der Waals surface area contributed by atoms with Gasteiger partial charge in [-0.25, -0.2) is 18.1 Å². The highest BCUT2D eigenvalue weighted by molar-refractivity contribution is 7.89. The molecule has 0 bridgehead atoms. The third-order valence-corrected chi connectivity index (χ3v) is 4.54. The number of sulfonamides is 1. The molecule has 19 heavy (non-hydrogen) atoms. The van der Waals surface area contributed by atoms with Crippen LogP contribution < -0.4 is 10.0 Å². The van der Waals surface area contributed by atoms with E-state index in [1.165, 1.54) is 6.07 Å². The van der Waals surface area contributed by atoms with Crippen molar-refractivity contribution in [3.05, 3.63) is 23.9 Å². The third kappa shape index (κ3) is 4.56. The Morgan fingerprint density at radius 3 is 2.37 bits per heavy atom. The molecule has 0 aliphatic heterocycles. The minimum absolute atomic E-state index is 0.0588. The van der Waals surface area contributed by atoms with Gasteiger partial charge in [-0.1, -0.05) is 26.8 Å². The molecule has 108 valence electrons. The van der Waals surface area contributed by atoms with E-state index in [-0.39, 0.29) is 16.5 Å². The number of nitrogens with one attached hydrogen (secondary N) is 2. The van der Waals surface area contributed by atoms with Crippen LogP contribution in [0.2, 0.25) is 0 Å². The molecule has 1 unspecified atom stereocenters. The number of nitrogens with zero attached hydrogens (tertiary/aromatic N) is 1. The van der Waals surface area contributed by atoms with Crippen LogP contribution in [-0.4, -0.2) is 26.5 Å². The van der Waals surface area contributed by atoms with E-state index in [4.69, 9.17) is 0 Å². The molecular weight excluding hydrogens is 262 g/mol. The number of hydrogen-bond donors (Lipinski definition) is 2. The molecule has 0 fully saturated rings. The van der Waals surface area contributed by atoms with E-state index in [0.29, 0.717) is 6.54 Å². The van der Waals surface area contributed by atoms with Crippen LogP contribution in [-0.2, 0) is 16.6 Å². The van der Waals surface area contributed by atoms with E-state index in [1.807, 2.05) is 34.7 Å². The van der Waals surface area contributed by atoms with Gasteiger partial charge < -0.3 is 5.32 Å². The predicted molar refractivity (Wildman–Crippen MR) is 76.2 cm³/mol. The Labute approximate surface area is 115 Å². The van der Waals surface area contributed by atoms with E-state index >= 15 is 0 Å². The molecule has 0 saturated heterocycles. The van der Waals surface area contributed by atoms with E-state index in [0.717, 1.165) is 5.56 Å². The molecule has 2 N–H and O–H groups in total. The molecule has 0 amide bonds. The summed E-state index contributed by atoms with van der Waals surface area (Å²) in [6.07, 6.45) is 1.58. The summed E-state index contributed by atoms with van der Waals surface area (Å²) in [5.41, 5.74) is 0.810. The van der Waals surface area contributed by atoms with Gasteiger partial charge in [-0.05, 0) is 31.0 Å². The molecule has 0 radical (unpaired) electrons. The van der Waals surface area contributed by atoms with Crippen molar-refractivity contribution in [2.45, 2.75) is 45.3 Å². The molecule has 1 atom stereocenters. The van der Waals surface area contributed by atoms with Crippen molar-refractivity contribution in [2.24, 2.45) is 5.41 Å². The molecule has 5 nitrogen and oxygen atoms in total. The number of hydrogen-bond acceptors (Lipinski definition) is 4. The molecule has 1 heterocycles. The summed E-state index contributed by atoms with van der Waals surface area (Å²) in [7, 11) is -1.73. The average Bonchev–Trinajstić information content (AvgIpc) is 2.28. The minimum Gasteiger partial charge on any atom is -0.316 e. The first-order valence-electron chi connectivity index (χ1n) is 6.28. The van der Waals surface area contributed by atoms with Crippen LogP contribution in [0.3, 0.4) is 0 Å². The smallest absolute Gasteiger partial charge is 0.258 e. The van der Waals surface area contributed by atoms with Crippen molar-refractivity contribution in [3.8, 4) is 0 Å². The highest BCUT2D eigenvalue weighted by atomic mass is 32.2. The SMILES string of the molecule is CNCc1ccc(S(=O)(=O)NC(C)C(C)(C)C)nc1. The van der Waals surface area contributed by atoms with Gasteiger partial charge in [0.05, 0.1) is 0 Å². The van der Waals surface area contributed by atoms with Gasteiger partial charge in [-0.2, -0.15) is 0 Å². The molecule has 6 heteroatoms. The second kappa shape index (κ2) is 5.98. The van der Waals surface area contributed by atoms with E-state index in [1.54, 1.807) is 12.3 Å². The molecule has 0 aliphatic carbocycles. The van der Waals surface area contributed by atoms with Crippen LogP contribution in [0.4, 0.5) is 0 Å². The average molecular weight is 285 g/mol. The summed E-state index contributed by atoms with van der Waals surface area (Å²) in [6.45, 7) is 8.49. The lowest BCUT2D eigenvalue weighted by Crippen LogP contribution is -2.41. The van der Waals surface area contributed by atoms with Crippen molar-refractivity contribution >= 4 is 10.0 Å². The van der Waals surface area contributed by atoms with Crippen LogP contribution in [0.1, 0.15) is 33.3 Å². The van der Waals surface area contributed by atoms with Crippen molar-refractivity contribution in [1.29, 1.82) is 0 Å². The summed E-state index contributed by atoms with van der Waals surface area (Å²) in [6, 6.07) is 3.13. The summed E-state index contributed by atoms with van der Waals surface area (Å²) in [5.74, 6) is 0. The lowest BCUT2D eigenvalue weighted by atomic mass is 9.89. The van der Waals surface area contributed by atoms with Crippen molar-refractivity contribution < 1.29 is 8.42 Å². The lowest BCUT2D eigenvalue weighted by molar-refractivity contribution is 0.317. The van der Waals surface area contributed by atoms with Gasteiger partial charge >= 0.3 is 0 Å². The Morgan fingerprint density at radius 2 is 1.95 bits per heavy atom. The Bertz CT molecular complexity index is 504. The van der Waals surface area contributed by atoms with Gasteiger partial charge in [0, 0.05) is 18.8 Å². The van der Waals surface area contributed by atoms with Gasteiger partial charge in [-0.3, -0.25) is 0 Å². The summed E-state index contributed by atoms with van der Waals surface area (Å²) >= 11 is 0. The maximum atomic E-state index is 12.2. The quantitative estimate of drug-likeness (QED) is 0.860. The Morgan fingerprint density at radius 1 is 1.32 bits per heavy atom. The fourth-order valence-electron chi connectivity index (χ4n) is 1.35. The normalized spacial score (nSPS) is 14.4. The maximum Gasteiger partial charge on any atom is 0.258 e. The zero-order valence-electron chi connectivity index (χ0n) is 12.2. The van der Waals surface area contributed by atoms with Crippen LogP contribution in [0, 0.1) is 5.41 Å². The molecule has 0 aromatic carbocycles. The highest BCUT2D eigenvalue weighted by Gasteiger charge is 2.26. The standard InChI is InChI=1S/C13H23N3O2S/c1-10(13(2,3)4)16-19(17,18)12-7-6-11(8-14-5)9-15-12/h6-7,9-10,14,16H,8H2,1-5H3.